The Balaban J connectivity index is 1.68. The number of anilines is 2. The van der Waals surface area contributed by atoms with Gasteiger partial charge in [0.1, 0.15) is 0 Å². The minimum absolute atomic E-state index is 0.749. The average molecular weight is 354 g/mol. The van der Waals surface area contributed by atoms with Gasteiger partial charge < -0.3 is 15.1 Å². The van der Waals surface area contributed by atoms with Gasteiger partial charge in [-0.05, 0) is 67.7 Å². The normalized spacial score (nSPS) is 14.2. The van der Waals surface area contributed by atoms with Crippen molar-refractivity contribution < 1.29 is 0 Å². The molecule has 0 amide bonds. The zero-order chi connectivity index (χ0) is 17.6. The van der Waals surface area contributed by atoms with E-state index in [1.165, 1.54) is 36.1 Å². The lowest BCUT2D eigenvalue weighted by atomic mass is 10.1. The summed E-state index contributed by atoms with van der Waals surface area (Å²) in [7, 11) is 2.05. The van der Waals surface area contributed by atoms with E-state index in [-0.39, 0.29) is 0 Å². The Bertz CT molecular complexity index is 723. The maximum Gasteiger partial charge on any atom is 0.173 e. The van der Waals surface area contributed by atoms with Crippen LogP contribution in [-0.4, -0.2) is 30.1 Å². The molecule has 0 saturated carbocycles. The number of piperidine rings is 1. The molecule has 2 aromatic carbocycles. The first-order valence-electron chi connectivity index (χ1n) is 9.05. The molecule has 0 aliphatic carbocycles. The van der Waals surface area contributed by atoms with Gasteiger partial charge in [-0.1, -0.05) is 30.3 Å². The summed E-state index contributed by atoms with van der Waals surface area (Å²) in [5.41, 5.74) is 4.96. The SMILES string of the molecule is Cc1cccc(NC(=S)N(C)Cc2ccccc2N2CCCCC2)c1. The van der Waals surface area contributed by atoms with Crippen molar-refractivity contribution in [3.63, 3.8) is 0 Å². The lowest BCUT2D eigenvalue weighted by molar-refractivity contribution is 0.505. The molecule has 0 unspecified atom stereocenters. The summed E-state index contributed by atoms with van der Waals surface area (Å²) in [6, 6.07) is 17.0. The van der Waals surface area contributed by atoms with Crippen molar-refractivity contribution in [2.75, 3.05) is 30.4 Å². The van der Waals surface area contributed by atoms with E-state index in [0.717, 1.165) is 30.4 Å². The molecule has 3 rings (SSSR count). The topological polar surface area (TPSA) is 18.5 Å². The Labute approximate surface area is 156 Å². The molecule has 0 aromatic heterocycles. The fraction of sp³-hybridized carbons (Fsp3) is 0.381. The summed E-state index contributed by atoms with van der Waals surface area (Å²) in [5.74, 6) is 0. The van der Waals surface area contributed by atoms with E-state index in [1.807, 2.05) is 6.07 Å². The van der Waals surface area contributed by atoms with Crippen molar-refractivity contribution in [3.05, 3.63) is 59.7 Å². The number of hydrogen-bond acceptors (Lipinski definition) is 2. The van der Waals surface area contributed by atoms with Crippen LogP contribution in [0.1, 0.15) is 30.4 Å². The largest absolute Gasteiger partial charge is 0.371 e. The highest BCUT2D eigenvalue weighted by Gasteiger charge is 2.15. The molecule has 4 heteroatoms. The summed E-state index contributed by atoms with van der Waals surface area (Å²) in [4.78, 5) is 4.63. The number of thiocarbonyl (C=S) groups is 1. The Morgan fingerprint density at radius 2 is 1.84 bits per heavy atom. The van der Waals surface area contributed by atoms with E-state index >= 15 is 0 Å². The first-order valence-corrected chi connectivity index (χ1v) is 9.46. The molecule has 1 heterocycles. The fourth-order valence-corrected chi connectivity index (χ4v) is 3.54. The fourth-order valence-electron chi connectivity index (χ4n) is 3.36. The predicted octanol–water partition coefficient (Wildman–Crippen LogP) is 4.81. The van der Waals surface area contributed by atoms with Crippen LogP contribution in [0.5, 0.6) is 0 Å². The molecule has 2 aromatic rings. The first kappa shape index (κ1) is 17.7. The number of para-hydroxylation sites is 1. The molecular formula is C21H27N3S. The van der Waals surface area contributed by atoms with Crippen LogP contribution in [0.3, 0.4) is 0 Å². The van der Waals surface area contributed by atoms with Gasteiger partial charge in [0.15, 0.2) is 5.11 Å². The Morgan fingerprint density at radius 1 is 1.08 bits per heavy atom. The summed E-state index contributed by atoms with van der Waals surface area (Å²) in [6.07, 6.45) is 3.93. The van der Waals surface area contributed by atoms with Crippen LogP contribution in [0.15, 0.2) is 48.5 Å². The Hall–Kier alpha value is -2.07. The zero-order valence-corrected chi connectivity index (χ0v) is 16.0. The van der Waals surface area contributed by atoms with E-state index in [1.54, 1.807) is 0 Å². The molecule has 1 fully saturated rings. The molecule has 25 heavy (non-hydrogen) atoms. The van der Waals surface area contributed by atoms with E-state index in [0.29, 0.717) is 0 Å². The van der Waals surface area contributed by atoms with Gasteiger partial charge in [0.05, 0.1) is 0 Å². The van der Waals surface area contributed by atoms with Crippen molar-refractivity contribution in [1.29, 1.82) is 0 Å². The molecule has 1 saturated heterocycles. The number of nitrogens with zero attached hydrogens (tertiary/aromatic N) is 2. The molecular weight excluding hydrogens is 326 g/mol. The second kappa shape index (κ2) is 8.34. The lowest BCUT2D eigenvalue weighted by Gasteiger charge is -2.32. The minimum atomic E-state index is 0.749. The maximum absolute atomic E-state index is 5.60. The third-order valence-corrected chi connectivity index (χ3v) is 5.13. The van der Waals surface area contributed by atoms with Crippen LogP contribution in [-0.2, 0) is 6.54 Å². The second-order valence-corrected chi connectivity index (χ2v) is 7.22. The average Bonchev–Trinajstić information content (AvgIpc) is 2.63. The molecule has 0 spiro atoms. The van der Waals surface area contributed by atoms with E-state index in [2.05, 4.69) is 71.6 Å². The van der Waals surface area contributed by atoms with Gasteiger partial charge in [-0.3, -0.25) is 0 Å². The summed E-state index contributed by atoms with van der Waals surface area (Å²) in [5, 5.41) is 4.09. The number of aryl methyl sites for hydroxylation is 1. The minimum Gasteiger partial charge on any atom is -0.371 e. The molecule has 0 atom stereocenters. The molecule has 132 valence electrons. The van der Waals surface area contributed by atoms with E-state index in [4.69, 9.17) is 12.2 Å². The lowest BCUT2D eigenvalue weighted by Crippen LogP contribution is -2.33. The summed E-state index contributed by atoms with van der Waals surface area (Å²) < 4.78 is 0. The van der Waals surface area contributed by atoms with Gasteiger partial charge in [-0.15, -0.1) is 0 Å². The van der Waals surface area contributed by atoms with Gasteiger partial charge >= 0.3 is 0 Å². The van der Waals surface area contributed by atoms with Crippen LogP contribution in [0.25, 0.3) is 0 Å². The molecule has 1 aliphatic rings. The highest BCUT2D eigenvalue weighted by Crippen LogP contribution is 2.25. The van der Waals surface area contributed by atoms with Gasteiger partial charge in [0, 0.05) is 38.1 Å². The van der Waals surface area contributed by atoms with Crippen LogP contribution in [0.4, 0.5) is 11.4 Å². The molecule has 1 N–H and O–H groups in total. The summed E-state index contributed by atoms with van der Waals surface area (Å²) in [6.45, 7) is 5.22. The highest BCUT2D eigenvalue weighted by molar-refractivity contribution is 7.80. The van der Waals surface area contributed by atoms with Gasteiger partial charge in [-0.2, -0.15) is 0 Å². The second-order valence-electron chi connectivity index (χ2n) is 6.83. The number of hydrogen-bond donors (Lipinski definition) is 1. The van der Waals surface area contributed by atoms with Crippen LogP contribution in [0.2, 0.25) is 0 Å². The molecule has 3 nitrogen and oxygen atoms in total. The number of rotatable bonds is 4. The first-order chi connectivity index (χ1) is 12.1. The monoisotopic (exact) mass is 353 g/mol. The standard InChI is InChI=1S/C21H27N3S/c1-17-9-8-11-19(15-17)22-21(25)23(2)16-18-10-4-5-12-20(18)24-13-6-3-7-14-24/h4-5,8-12,15H,3,6-7,13-14,16H2,1-2H3,(H,22,25). The van der Waals surface area contributed by atoms with Gasteiger partial charge in [-0.25, -0.2) is 0 Å². The third-order valence-electron chi connectivity index (χ3n) is 4.71. The van der Waals surface area contributed by atoms with Crippen molar-refractivity contribution >= 4 is 28.7 Å². The third kappa shape index (κ3) is 4.73. The molecule has 0 bridgehead atoms. The number of benzene rings is 2. The van der Waals surface area contributed by atoms with Crippen LogP contribution >= 0.6 is 12.2 Å². The van der Waals surface area contributed by atoms with Crippen LogP contribution < -0.4 is 10.2 Å². The van der Waals surface area contributed by atoms with Gasteiger partial charge in [0.2, 0.25) is 0 Å². The zero-order valence-electron chi connectivity index (χ0n) is 15.2. The van der Waals surface area contributed by atoms with E-state index in [9.17, 15) is 0 Å². The quantitative estimate of drug-likeness (QED) is 0.795. The number of nitrogens with one attached hydrogen (secondary N) is 1. The van der Waals surface area contributed by atoms with Crippen molar-refractivity contribution in [1.82, 2.24) is 4.90 Å². The smallest absolute Gasteiger partial charge is 0.173 e. The summed E-state index contributed by atoms with van der Waals surface area (Å²) >= 11 is 5.60. The molecule has 1 aliphatic heterocycles. The maximum atomic E-state index is 5.60. The molecule has 0 radical (unpaired) electrons. The van der Waals surface area contributed by atoms with Gasteiger partial charge in [0.25, 0.3) is 0 Å². The predicted molar refractivity (Wildman–Crippen MR) is 111 cm³/mol. The van der Waals surface area contributed by atoms with Crippen molar-refractivity contribution in [2.45, 2.75) is 32.7 Å². The Morgan fingerprint density at radius 3 is 2.60 bits per heavy atom. The van der Waals surface area contributed by atoms with E-state index < -0.39 is 0 Å². The van der Waals surface area contributed by atoms with Crippen LogP contribution in [0, 0.1) is 6.92 Å². The Kier molecular flexibility index (Phi) is 5.92. The highest BCUT2D eigenvalue weighted by atomic mass is 32.1. The van der Waals surface area contributed by atoms with Crippen molar-refractivity contribution in [2.24, 2.45) is 0 Å². The van der Waals surface area contributed by atoms with Crippen molar-refractivity contribution in [3.8, 4) is 0 Å².